The van der Waals surface area contributed by atoms with Crippen LogP contribution in [0.15, 0.2) is 53.3 Å². The minimum absolute atomic E-state index is 0.146. The predicted molar refractivity (Wildman–Crippen MR) is 94.9 cm³/mol. The smallest absolute Gasteiger partial charge is 0.259 e. The standard InChI is InChI=1S/C19H18N2O3/c1-3-12-10-18(22)21-16-11-13(8-9-14(12)16)20-19(23)15-6-4-5-7-17(15)24-2/h4-11H,3H2,1-2H3,(H,20,23)(H,21,22). The van der Waals surface area contributed by atoms with E-state index in [4.69, 9.17) is 4.74 Å². The van der Waals surface area contributed by atoms with Gasteiger partial charge < -0.3 is 15.0 Å². The van der Waals surface area contributed by atoms with Gasteiger partial charge in [-0.2, -0.15) is 0 Å². The number of fused-ring (bicyclic) bond motifs is 1. The largest absolute Gasteiger partial charge is 0.496 e. The molecule has 24 heavy (non-hydrogen) atoms. The maximum atomic E-state index is 12.5. The maximum absolute atomic E-state index is 12.5. The highest BCUT2D eigenvalue weighted by Gasteiger charge is 2.12. The number of carbonyl (C=O) groups excluding carboxylic acids is 1. The number of rotatable bonds is 4. The van der Waals surface area contributed by atoms with E-state index in [1.807, 2.05) is 25.1 Å². The van der Waals surface area contributed by atoms with Gasteiger partial charge in [0.15, 0.2) is 0 Å². The normalized spacial score (nSPS) is 10.6. The first-order valence-electron chi connectivity index (χ1n) is 7.72. The summed E-state index contributed by atoms with van der Waals surface area (Å²) in [7, 11) is 1.53. The van der Waals surface area contributed by atoms with E-state index < -0.39 is 0 Å². The van der Waals surface area contributed by atoms with Crippen LogP contribution in [-0.4, -0.2) is 18.0 Å². The predicted octanol–water partition coefficient (Wildman–Crippen LogP) is 3.35. The molecule has 3 aromatic rings. The second-order valence-corrected chi connectivity index (χ2v) is 5.43. The van der Waals surface area contributed by atoms with Crippen LogP contribution in [0.4, 0.5) is 5.69 Å². The minimum atomic E-state index is -0.263. The molecule has 0 aliphatic heterocycles. The molecule has 0 unspecified atom stereocenters. The molecule has 0 atom stereocenters. The van der Waals surface area contributed by atoms with Crippen LogP contribution in [0.5, 0.6) is 5.75 Å². The minimum Gasteiger partial charge on any atom is -0.496 e. The number of aromatic nitrogens is 1. The number of amides is 1. The van der Waals surface area contributed by atoms with Gasteiger partial charge >= 0.3 is 0 Å². The SMILES string of the molecule is CCc1cc(=O)[nH]c2cc(NC(=O)c3ccccc3OC)ccc12. The van der Waals surface area contributed by atoms with Crippen LogP contribution < -0.4 is 15.6 Å². The van der Waals surface area contributed by atoms with Gasteiger partial charge in [0, 0.05) is 17.1 Å². The Morgan fingerprint density at radius 1 is 1.17 bits per heavy atom. The summed E-state index contributed by atoms with van der Waals surface area (Å²) in [5, 5.41) is 3.82. The van der Waals surface area contributed by atoms with Gasteiger partial charge in [-0.15, -0.1) is 0 Å². The van der Waals surface area contributed by atoms with Crippen molar-refractivity contribution in [3.05, 3.63) is 70.0 Å². The van der Waals surface area contributed by atoms with E-state index in [1.165, 1.54) is 7.11 Å². The number of carbonyl (C=O) groups is 1. The summed E-state index contributed by atoms with van der Waals surface area (Å²) in [6.07, 6.45) is 0.771. The molecule has 2 aromatic carbocycles. The lowest BCUT2D eigenvalue weighted by atomic mass is 10.1. The molecule has 0 saturated carbocycles. The highest BCUT2D eigenvalue weighted by atomic mass is 16.5. The Hall–Kier alpha value is -3.08. The third-order valence-electron chi connectivity index (χ3n) is 3.92. The van der Waals surface area contributed by atoms with Crippen molar-refractivity contribution in [2.45, 2.75) is 13.3 Å². The molecule has 3 rings (SSSR count). The second-order valence-electron chi connectivity index (χ2n) is 5.43. The highest BCUT2D eigenvalue weighted by molar-refractivity contribution is 6.06. The number of ether oxygens (including phenoxy) is 1. The van der Waals surface area contributed by atoms with Crippen molar-refractivity contribution in [3.63, 3.8) is 0 Å². The fraction of sp³-hybridized carbons (Fsp3) is 0.158. The van der Waals surface area contributed by atoms with Gasteiger partial charge in [-0.25, -0.2) is 0 Å². The summed E-state index contributed by atoms with van der Waals surface area (Å²) in [6, 6.07) is 14.1. The monoisotopic (exact) mass is 322 g/mol. The first kappa shape index (κ1) is 15.8. The second kappa shape index (κ2) is 6.58. The summed E-state index contributed by atoms with van der Waals surface area (Å²) in [5.41, 5.74) is 2.61. The Morgan fingerprint density at radius 3 is 2.71 bits per heavy atom. The zero-order valence-corrected chi connectivity index (χ0v) is 13.6. The van der Waals surface area contributed by atoms with Gasteiger partial charge in [0.05, 0.1) is 18.2 Å². The summed E-state index contributed by atoms with van der Waals surface area (Å²) in [5.74, 6) is 0.248. The van der Waals surface area contributed by atoms with E-state index in [1.54, 1.807) is 30.3 Å². The van der Waals surface area contributed by atoms with E-state index in [0.717, 1.165) is 17.4 Å². The summed E-state index contributed by atoms with van der Waals surface area (Å²) >= 11 is 0. The van der Waals surface area contributed by atoms with Gasteiger partial charge in [0.25, 0.3) is 5.91 Å². The number of methoxy groups -OCH3 is 1. The quantitative estimate of drug-likeness (QED) is 0.774. The fourth-order valence-corrected chi connectivity index (χ4v) is 2.73. The van der Waals surface area contributed by atoms with E-state index in [-0.39, 0.29) is 11.5 Å². The number of aromatic amines is 1. The molecular weight excluding hydrogens is 304 g/mol. The van der Waals surface area contributed by atoms with E-state index in [9.17, 15) is 9.59 Å². The van der Waals surface area contributed by atoms with Crippen LogP contribution in [0.25, 0.3) is 10.9 Å². The Labute approximate surface area is 139 Å². The molecular formula is C19H18N2O3. The molecule has 122 valence electrons. The number of hydrogen-bond acceptors (Lipinski definition) is 3. The molecule has 0 aliphatic carbocycles. The Bertz CT molecular complexity index is 960. The van der Waals surface area contributed by atoms with Crippen LogP contribution in [-0.2, 0) is 6.42 Å². The third kappa shape index (κ3) is 3.01. The lowest BCUT2D eigenvalue weighted by Crippen LogP contribution is -2.13. The van der Waals surface area contributed by atoms with Crippen LogP contribution in [0, 0.1) is 0 Å². The van der Waals surface area contributed by atoms with Gasteiger partial charge in [0.2, 0.25) is 5.56 Å². The van der Waals surface area contributed by atoms with Gasteiger partial charge in [-0.3, -0.25) is 9.59 Å². The molecule has 2 N–H and O–H groups in total. The van der Waals surface area contributed by atoms with Gasteiger partial charge in [-0.1, -0.05) is 25.1 Å². The van der Waals surface area contributed by atoms with Crippen molar-refractivity contribution >= 4 is 22.5 Å². The molecule has 0 aliphatic rings. The molecule has 1 aromatic heterocycles. The lowest BCUT2D eigenvalue weighted by molar-refractivity contribution is 0.102. The number of anilines is 1. The number of nitrogens with one attached hydrogen (secondary N) is 2. The van der Waals surface area contributed by atoms with Crippen LogP contribution in [0.2, 0.25) is 0 Å². The average molecular weight is 322 g/mol. The van der Waals surface area contributed by atoms with E-state index in [2.05, 4.69) is 10.3 Å². The molecule has 1 amide bonds. The molecule has 5 nitrogen and oxygen atoms in total. The van der Waals surface area contributed by atoms with Crippen molar-refractivity contribution < 1.29 is 9.53 Å². The number of hydrogen-bond donors (Lipinski definition) is 2. The first-order valence-corrected chi connectivity index (χ1v) is 7.72. The Morgan fingerprint density at radius 2 is 1.96 bits per heavy atom. The van der Waals surface area contributed by atoms with Crippen molar-refractivity contribution in [2.75, 3.05) is 12.4 Å². The number of H-pyrrole nitrogens is 1. The van der Waals surface area contributed by atoms with Crippen molar-refractivity contribution in [1.29, 1.82) is 0 Å². The molecule has 5 heteroatoms. The number of pyridine rings is 1. The molecule has 1 heterocycles. The summed E-state index contributed by atoms with van der Waals surface area (Å²) < 4.78 is 5.21. The Balaban J connectivity index is 1.96. The molecule has 0 saturated heterocycles. The number of para-hydroxylation sites is 1. The summed E-state index contributed by atoms with van der Waals surface area (Å²) in [6.45, 7) is 2.01. The van der Waals surface area contributed by atoms with Gasteiger partial charge in [0.1, 0.15) is 5.75 Å². The molecule has 0 bridgehead atoms. The van der Waals surface area contributed by atoms with E-state index >= 15 is 0 Å². The molecule has 0 radical (unpaired) electrons. The van der Waals surface area contributed by atoms with Crippen molar-refractivity contribution in [2.24, 2.45) is 0 Å². The van der Waals surface area contributed by atoms with Crippen molar-refractivity contribution in [1.82, 2.24) is 4.98 Å². The first-order chi connectivity index (χ1) is 11.6. The topological polar surface area (TPSA) is 71.2 Å². The third-order valence-corrected chi connectivity index (χ3v) is 3.92. The van der Waals surface area contributed by atoms with Crippen LogP contribution >= 0.6 is 0 Å². The fourth-order valence-electron chi connectivity index (χ4n) is 2.73. The zero-order valence-electron chi connectivity index (χ0n) is 13.6. The van der Waals surface area contributed by atoms with Crippen molar-refractivity contribution in [3.8, 4) is 5.75 Å². The summed E-state index contributed by atoms with van der Waals surface area (Å²) in [4.78, 5) is 27.0. The molecule has 0 spiro atoms. The average Bonchev–Trinajstić information content (AvgIpc) is 2.60. The van der Waals surface area contributed by atoms with Gasteiger partial charge in [-0.05, 0) is 36.2 Å². The highest BCUT2D eigenvalue weighted by Crippen LogP contribution is 2.22. The van der Waals surface area contributed by atoms with Crippen LogP contribution in [0.3, 0.4) is 0 Å². The lowest BCUT2D eigenvalue weighted by Gasteiger charge is -2.10. The maximum Gasteiger partial charge on any atom is 0.259 e. The molecule has 0 fully saturated rings. The number of benzene rings is 2. The zero-order chi connectivity index (χ0) is 17.1. The van der Waals surface area contributed by atoms with Crippen LogP contribution in [0.1, 0.15) is 22.8 Å². The Kier molecular flexibility index (Phi) is 4.33. The number of aryl methyl sites for hydroxylation is 1. The van der Waals surface area contributed by atoms with E-state index in [0.29, 0.717) is 22.5 Å².